The Morgan fingerprint density at radius 1 is 0.955 bits per heavy atom. The highest BCUT2D eigenvalue weighted by atomic mass is 16.5. The first-order valence-electron chi connectivity index (χ1n) is 8.89. The highest BCUT2D eigenvalue weighted by molar-refractivity contribution is 5.26. The molecule has 0 bridgehead atoms. The molecule has 1 aromatic rings. The van der Waals surface area contributed by atoms with E-state index in [4.69, 9.17) is 4.74 Å². The molecule has 1 aliphatic rings. The number of aryl methyl sites for hydroxylation is 1. The van der Waals surface area contributed by atoms with Crippen molar-refractivity contribution in [3.63, 3.8) is 0 Å². The van der Waals surface area contributed by atoms with Crippen molar-refractivity contribution < 1.29 is 4.74 Å². The molecule has 0 aromatic heterocycles. The molecule has 0 amide bonds. The maximum Gasteiger partial charge on any atom is 0.118 e. The number of ether oxygens (including phenoxy) is 1. The van der Waals surface area contributed by atoms with E-state index in [1.54, 1.807) is 7.11 Å². The van der Waals surface area contributed by atoms with E-state index in [2.05, 4.69) is 53.7 Å². The lowest BCUT2D eigenvalue weighted by atomic mass is 9.91. The van der Waals surface area contributed by atoms with Crippen molar-refractivity contribution in [3.8, 4) is 5.75 Å². The van der Waals surface area contributed by atoms with Gasteiger partial charge < -0.3 is 4.74 Å². The Hall–Kier alpha value is -0.980. The van der Waals surface area contributed by atoms with Crippen molar-refractivity contribution in [2.45, 2.75) is 80.1 Å². The lowest BCUT2D eigenvalue weighted by Gasteiger charge is -2.15. The Labute approximate surface area is 139 Å². The van der Waals surface area contributed by atoms with E-state index < -0.39 is 0 Å². The van der Waals surface area contributed by atoms with Crippen LogP contribution in [0.5, 0.6) is 5.75 Å². The molecule has 0 spiro atoms. The number of methoxy groups -OCH3 is 1. The summed E-state index contributed by atoms with van der Waals surface area (Å²) in [6.07, 6.45) is 8.52. The Morgan fingerprint density at radius 3 is 1.68 bits per heavy atom. The van der Waals surface area contributed by atoms with Crippen LogP contribution in [0.2, 0.25) is 0 Å². The third-order valence-electron chi connectivity index (χ3n) is 3.46. The van der Waals surface area contributed by atoms with Gasteiger partial charge in [0, 0.05) is 0 Å². The van der Waals surface area contributed by atoms with Gasteiger partial charge >= 0.3 is 0 Å². The van der Waals surface area contributed by atoms with Gasteiger partial charge in [-0.25, -0.2) is 0 Å². The van der Waals surface area contributed by atoms with Crippen molar-refractivity contribution in [3.05, 3.63) is 29.8 Å². The van der Waals surface area contributed by atoms with Crippen LogP contribution in [-0.4, -0.2) is 7.11 Å². The minimum atomic E-state index is 0.500. The fraction of sp³-hybridized carbons (Fsp3) is 0.714. The zero-order valence-electron chi connectivity index (χ0n) is 16.0. The molecule has 0 N–H and O–H groups in total. The van der Waals surface area contributed by atoms with Crippen molar-refractivity contribution in [2.75, 3.05) is 7.11 Å². The van der Waals surface area contributed by atoms with Crippen LogP contribution in [0, 0.1) is 11.3 Å². The van der Waals surface area contributed by atoms with Gasteiger partial charge in [0.2, 0.25) is 0 Å². The number of hydrogen-bond acceptors (Lipinski definition) is 1. The molecule has 1 aromatic carbocycles. The third kappa shape index (κ3) is 14.0. The normalized spacial score (nSPS) is 15.0. The Kier molecular flexibility index (Phi) is 11.1. The van der Waals surface area contributed by atoms with Crippen LogP contribution in [0.25, 0.3) is 0 Å². The molecule has 2 rings (SSSR count). The van der Waals surface area contributed by atoms with Gasteiger partial charge in [-0.05, 0) is 35.4 Å². The molecule has 1 nitrogen and oxygen atoms in total. The van der Waals surface area contributed by atoms with Gasteiger partial charge in [-0.1, -0.05) is 85.8 Å². The van der Waals surface area contributed by atoms with E-state index in [1.165, 1.54) is 37.7 Å². The summed E-state index contributed by atoms with van der Waals surface area (Å²) < 4.78 is 5.01. The molecule has 128 valence electrons. The maximum absolute atomic E-state index is 5.01. The SMILES string of the molecule is CC(C)(C)C.CC1CCCCC1.CCc1ccc(OC)cc1. The molecule has 0 aliphatic heterocycles. The predicted molar refractivity (Wildman–Crippen MR) is 99.8 cm³/mol. The van der Waals surface area contributed by atoms with Crippen molar-refractivity contribution in [2.24, 2.45) is 11.3 Å². The molecule has 1 saturated carbocycles. The predicted octanol–water partition coefficient (Wildman–Crippen LogP) is 6.90. The van der Waals surface area contributed by atoms with Crippen LogP contribution >= 0.6 is 0 Å². The summed E-state index contributed by atoms with van der Waals surface area (Å²) >= 11 is 0. The second-order valence-electron chi connectivity index (χ2n) is 7.94. The summed E-state index contributed by atoms with van der Waals surface area (Å²) in [5.74, 6) is 1.96. The van der Waals surface area contributed by atoms with Crippen molar-refractivity contribution in [1.82, 2.24) is 0 Å². The van der Waals surface area contributed by atoms with Gasteiger partial charge in [0.15, 0.2) is 0 Å². The summed E-state index contributed by atoms with van der Waals surface area (Å²) in [5.41, 5.74) is 1.85. The first-order valence-corrected chi connectivity index (χ1v) is 8.89. The molecule has 0 radical (unpaired) electrons. The largest absolute Gasteiger partial charge is 0.497 e. The lowest BCUT2D eigenvalue weighted by Crippen LogP contribution is -1.99. The van der Waals surface area contributed by atoms with E-state index in [1.807, 2.05) is 12.1 Å². The summed E-state index contributed by atoms with van der Waals surface area (Å²) in [6.45, 7) is 13.3. The Balaban J connectivity index is 0.000000322. The summed E-state index contributed by atoms with van der Waals surface area (Å²) in [7, 11) is 1.68. The first-order chi connectivity index (χ1) is 10.3. The van der Waals surface area contributed by atoms with Crippen LogP contribution in [0.4, 0.5) is 0 Å². The van der Waals surface area contributed by atoms with Gasteiger partial charge in [0.1, 0.15) is 5.75 Å². The zero-order valence-corrected chi connectivity index (χ0v) is 16.0. The standard InChI is InChI=1S/C9H12O.C7H14.C5H12/c1-3-8-4-6-9(10-2)7-5-8;1-7-5-3-2-4-6-7;1-5(2,3)4/h4-7H,3H2,1-2H3;7H,2-6H2,1H3;1-4H3. The van der Waals surface area contributed by atoms with E-state index in [9.17, 15) is 0 Å². The molecule has 1 aliphatic carbocycles. The van der Waals surface area contributed by atoms with Crippen LogP contribution < -0.4 is 4.74 Å². The van der Waals surface area contributed by atoms with Crippen LogP contribution in [0.3, 0.4) is 0 Å². The van der Waals surface area contributed by atoms with E-state index >= 15 is 0 Å². The van der Waals surface area contributed by atoms with Gasteiger partial charge in [0.05, 0.1) is 7.11 Å². The van der Waals surface area contributed by atoms with Crippen LogP contribution in [0.15, 0.2) is 24.3 Å². The third-order valence-corrected chi connectivity index (χ3v) is 3.46. The van der Waals surface area contributed by atoms with Crippen LogP contribution in [-0.2, 0) is 6.42 Å². The van der Waals surface area contributed by atoms with Gasteiger partial charge in [0.25, 0.3) is 0 Å². The minimum absolute atomic E-state index is 0.500. The van der Waals surface area contributed by atoms with Gasteiger partial charge in [-0.3, -0.25) is 0 Å². The molecule has 0 heterocycles. The average molecular weight is 307 g/mol. The fourth-order valence-electron chi connectivity index (χ4n) is 2.17. The summed E-state index contributed by atoms with van der Waals surface area (Å²) in [5, 5.41) is 0. The van der Waals surface area contributed by atoms with E-state index in [0.29, 0.717) is 5.41 Å². The zero-order chi connectivity index (χ0) is 17.0. The van der Waals surface area contributed by atoms with Gasteiger partial charge in [-0.15, -0.1) is 0 Å². The van der Waals surface area contributed by atoms with E-state index in [0.717, 1.165) is 18.1 Å². The second-order valence-corrected chi connectivity index (χ2v) is 7.94. The number of hydrogen-bond donors (Lipinski definition) is 0. The minimum Gasteiger partial charge on any atom is -0.497 e. The molecular formula is C21H38O. The Bertz CT molecular complexity index is 323. The molecule has 0 saturated heterocycles. The topological polar surface area (TPSA) is 9.23 Å². The van der Waals surface area contributed by atoms with Crippen LogP contribution in [0.1, 0.15) is 79.2 Å². The number of rotatable bonds is 2. The molecular weight excluding hydrogens is 268 g/mol. The molecule has 1 heteroatoms. The molecule has 0 atom stereocenters. The van der Waals surface area contributed by atoms with E-state index in [-0.39, 0.29) is 0 Å². The lowest BCUT2D eigenvalue weighted by molar-refractivity contribution is 0.385. The summed E-state index contributed by atoms with van der Waals surface area (Å²) in [6, 6.07) is 8.13. The van der Waals surface area contributed by atoms with Crippen molar-refractivity contribution >= 4 is 0 Å². The first kappa shape index (κ1) is 21.0. The average Bonchev–Trinajstić information content (AvgIpc) is 2.47. The number of benzene rings is 1. The molecule has 22 heavy (non-hydrogen) atoms. The highest BCUT2D eigenvalue weighted by Crippen LogP contribution is 2.22. The fourth-order valence-corrected chi connectivity index (χ4v) is 2.17. The smallest absolute Gasteiger partial charge is 0.118 e. The maximum atomic E-state index is 5.01. The monoisotopic (exact) mass is 306 g/mol. The highest BCUT2D eigenvalue weighted by Gasteiger charge is 2.05. The second kappa shape index (κ2) is 11.6. The van der Waals surface area contributed by atoms with Gasteiger partial charge in [-0.2, -0.15) is 0 Å². The quantitative estimate of drug-likeness (QED) is 0.577. The molecule has 1 fully saturated rings. The Morgan fingerprint density at radius 2 is 1.41 bits per heavy atom. The summed E-state index contributed by atoms with van der Waals surface area (Å²) in [4.78, 5) is 0. The molecule has 0 unspecified atom stereocenters. The van der Waals surface area contributed by atoms with Crippen molar-refractivity contribution in [1.29, 1.82) is 0 Å².